The number of nitrogens with zero attached hydrogens (tertiary/aromatic N) is 1. The van der Waals surface area contributed by atoms with Gasteiger partial charge in [-0.15, -0.1) is 0 Å². The number of aliphatic hydroxyl groups is 1. The summed E-state index contributed by atoms with van der Waals surface area (Å²) in [6.45, 7) is 2.29. The summed E-state index contributed by atoms with van der Waals surface area (Å²) in [5.41, 5.74) is 0.862. The molecular formula is C10H16N2O2. The SMILES string of the molecule is CC(=O)N[C@@H](CCO)C1=NCCC=C1. The van der Waals surface area contributed by atoms with Gasteiger partial charge in [-0.3, -0.25) is 9.79 Å². The van der Waals surface area contributed by atoms with Crippen LogP contribution in [0.2, 0.25) is 0 Å². The van der Waals surface area contributed by atoms with Crippen LogP contribution in [0.1, 0.15) is 19.8 Å². The van der Waals surface area contributed by atoms with Crippen LogP contribution in [-0.2, 0) is 4.79 Å². The molecule has 0 saturated carbocycles. The second kappa shape index (κ2) is 5.54. The summed E-state index contributed by atoms with van der Waals surface area (Å²) < 4.78 is 0. The number of amides is 1. The van der Waals surface area contributed by atoms with E-state index in [0.717, 1.165) is 18.7 Å². The number of hydrogen-bond donors (Lipinski definition) is 2. The zero-order chi connectivity index (χ0) is 10.4. The number of rotatable bonds is 4. The first-order valence-electron chi connectivity index (χ1n) is 4.83. The van der Waals surface area contributed by atoms with Gasteiger partial charge in [0.25, 0.3) is 0 Å². The molecule has 0 fully saturated rings. The van der Waals surface area contributed by atoms with Gasteiger partial charge >= 0.3 is 0 Å². The third kappa shape index (κ3) is 3.30. The number of nitrogens with one attached hydrogen (secondary N) is 1. The quantitative estimate of drug-likeness (QED) is 0.678. The van der Waals surface area contributed by atoms with Crippen molar-refractivity contribution in [2.45, 2.75) is 25.8 Å². The summed E-state index contributed by atoms with van der Waals surface area (Å²) in [6, 6.07) is -0.144. The molecule has 14 heavy (non-hydrogen) atoms. The van der Waals surface area contributed by atoms with Gasteiger partial charge in [0.15, 0.2) is 0 Å². The summed E-state index contributed by atoms with van der Waals surface area (Å²) in [5, 5.41) is 11.6. The summed E-state index contributed by atoms with van der Waals surface area (Å²) in [7, 11) is 0. The van der Waals surface area contributed by atoms with E-state index in [1.165, 1.54) is 6.92 Å². The van der Waals surface area contributed by atoms with Crippen molar-refractivity contribution in [1.29, 1.82) is 0 Å². The normalized spacial score (nSPS) is 17.4. The first-order valence-corrected chi connectivity index (χ1v) is 4.83. The van der Waals surface area contributed by atoms with Crippen molar-refractivity contribution < 1.29 is 9.90 Å². The van der Waals surface area contributed by atoms with Crippen LogP contribution >= 0.6 is 0 Å². The Labute approximate surface area is 83.7 Å². The van der Waals surface area contributed by atoms with Crippen molar-refractivity contribution in [2.75, 3.05) is 13.2 Å². The minimum atomic E-state index is -0.144. The molecule has 2 N–H and O–H groups in total. The summed E-state index contributed by atoms with van der Waals surface area (Å²) in [5.74, 6) is -0.0925. The third-order valence-corrected chi connectivity index (χ3v) is 2.03. The average molecular weight is 196 g/mol. The van der Waals surface area contributed by atoms with Crippen LogP contribution in [0.25, 0.3) is 0 Å². The lowest BCUT2D eigenvalue weighted by molar-refractivity contribution is -0.119. The molecule has 0 spiro atoms. The highest BCUT2D eigenvalue weighted by Crippen LogP contribution is 2.03. The van der Waals surface area contributed by atoms with E-state index >= 15 is 0 Å². The van der Waals surface area contributed by atoms with Crippen molar-refractivity contribution >= 4 is 11.6 Å². The number of aliphatic imine (C=N–C) groups is 1. The van der Waals surface area contributed by atoms with E-state index in [-0.39, 0.29) is 18.6 Å². The van der Waals surface area contributed by atoms with Gasteiger partial charge in [-0.25, -0.2) is 0 Å². The molecule has 0 aromatic carbocycles. The minimum Gasteiger partial charge on any atom is -0.396 e. The fraction of sp³-hybridized carbons (Fsp3) is 0.600. The lowest BCUT2D eigenvalue weighted by Gasteiger charge is -2.18. The van der Waals surface area contributed by atoms with E-state index in [2.05, 4.69) is 10.3 Å². The maximum absolute atomic E-state index is 10.9. The maximum atomic E-state index is 10.9. The zero-order valence-electron chi connectivity index (χ0n) is 8.36. The molecule has 1 aliphatic heterocycles. The zero-order valence-corrected chi connectivity index (χ0v) is 8.36. The third-order valence-electron chi connectivity index (χ3n) is 2.03. The van der Waals surface area contributed by atoms with Gasteiger partial charge in [-0.1, -0.05) is 6.08 Å². The van der Waals surface area contributed by atoms with Gasteiger partial charge in [-0.2, -0.15) is 0 Å². The first-order chi connectivity index (χ1) is 6.74. The Morgan fingerprint density at radius 1 is 1.79 bits per heavy atom. The smallest absolute Gasteiger partial charge is 0.217 e. The van der Waals surface area contributed by atoms with Crippen molar-refractivity contribution in [3.05, 3.63) is 12.2 Å². The Morgan fingerprint density at radius 3 is 3.07 bits per heavy atom. The molecule has 0 aliphatic carbocycles. The molecule has 1 heterocycles. The Bertz CT molecular complexity index is 259. The number of carbonyl (C=O) groups is 1. The Balaban J connectivity index is 2.61. The van der Waals surface area contributed by atoms with E-state index in [4.69, 9.17) is 5.11 Å². The number of dihydropyridines is 1. The molecule has 78 valence electrons. The van der Waals surface area contributed by atoms with Crippen LogP contribution in [0.4, 0.5) is 0 Å². The Hall–Kier alpha value is -1.16. The maximum Gasteiger partial charge on any atom is 0.217 e. The van der Waals surface area contributed by atoms with Crippen molar-refractivity contribution in [2.24, 2.45) is 4.99 Å². The molecule has 0 saturated heterocycles. The molecule has 0 aromatic rings. The van der Waals surface area contributed by atoms with Crippen LogP contribution in [0.15, 0.2) is 17.1 Å². The van der Waals surface area contributed by atoms with Gasteiger partial charge in [0, 0.05) is 20.1 Å². The van der Waals surface area contributed by atoms with Crippen LogP contribution < -0.4 is 5.32 Å². The Kier molecular flexibility index (Phi) is 4.32. The molecule has 1 amide bonds. The lowest BCUT2D eigenvalue weighted by atomic mass is 10.1. The second-order valence-corrected chi connectivity index (χ2v) is 3.26. The first kappa shape index (κ1) is 10.9. The summed E-state index contributed by atoms with van der Waals surface area (Å²) in [6.07, 6.45) is 5.42. The van der Waals surface area contributed by atoms with Gasteiger partial charge in [0.2, 0.25) is 5.91 Å². The van der Waals surface area contributed by atoms with Gasteiger partial charge in [0.05, 0.1) is 11.8 Å². The Morgan fingerprint density at radius 2 is 2.57 bits per heavy atom. The van der Waals surface area contributed by atoms with Gasteiger partial charge < -0.3 is 10.4 Å². The molecule has 0 unspecified atom stereocenters. The number of hydrogen-bond acceptors (Lipinski definition) is 3. The van der Waals surface area contributed by atoms with E-state index in [1.54, 1.807) is 0 Å². The molecular weight excluding hydrogens is 180 g/mol. The average Bonchev–Trinajstić information content (AvgIpc) is 2.18. The van der Waals surface area contributed by atoms with Gasteiger partial charge in [0.1, 0.15) is 0 Å². The predicted octanol–water partition coefficient (Wildman–Crippen LogP) is 0.274. The molecule has 1 aliphatic rings. The fourth-order valence-corrected chi connectivity index (χ4v) is 1.42. The highest BCUT2D eigenvalue weighted by atomic mass is 16.3. The topological polar surface area (TPSA) is 61.7 Å². The highest BCUT2D eigenvalue weighted by Gasteiger charge is 2.15. The van der Waals surface area contributed by atoms with E-state index in [9.17, 15) is 4.79 Å². The largest absolute Gasteiger partial charge is 0.396 e. The predicted molar refractivity (Wildman–Crippen MR) is 55.4 cm³/mol. The van der Waals surface area contributed by atoms with E-state index in [0.29, 0.717) is 6.42 Å². The molecule has 0 aromatic heterocycles. The lowest BCUT2D eigenvalue weighted by Crippen LogP contribution is -2.40. The van der Waals surface area contributed by atoms with Gasteiger partial charge in [-0.05, 0) is 18.9 Å². The molecule has 1 rings (SSSR count). The number of carbonyl (C=O) groups excluding carboxylic acids is 1. The second-order valence-electron chi connectivity index (χ2n) is 3.26. The van der Waals surface area contributed by atoms with Crippen molar-refractivity contribution in [1.82, 2.24) is 5.32 Å². The monoisotopic (exact) mass is 196 g/mol. The van der Waals surface area contributed by atoms with Crippen molar-refractivity contribution in [3.8, 4) is 0 Å². The molecule has 0 radical (unpaired) electrons. The van der Waals surface area contributed by atoms with Crippen LogP contribution in [0, 0.1) is 0 Å². The van der Waals surface area contributed by atoms with E-state index in [1.807, 2.05) is 12.2 Å². The van der Waals surface area contributed by atoms with Crippen LogP contribution in [0.3, 0.4) is 0 Å². The highest BCUT2D eigenvalue weighted by molar-refractivity contribution is 6.01. The molecule has 1 atom stereocenters. The fourth-order valence-electron chi connectivity index (χ4n) is 1.42. The summed E-state index contributed by atoms with van der Waals surface area (Å²) >= 11 is 0. The van der Waals surface area contributed by atoms with E-state index < -0.39 is 0 Å². The number of aliphatic hydroxyl groups excluding tert-OH is 1. The molecule has 4 nitrogen and oxygen atoms in total. The molecule has 4 heteroatoms. The standard InChI is InChI=1S/C10H16N2O2/c1-8(14)12-10(5-7-13)9-4-2-3-6-11-9/h2,4,10,13H,3,5-7H2,1H3,(H,12,14)/t10-/m0/s1. The van der Waals surface area contributed by atoms with Crippen LogP contribution in [-0.4, -0.2) is 35.9 Å². The van der Waals surface area contributed by atoms with Crippen LogP contribution in [0.5, 0.6) is 0 Å². The van der Waals surface area contributed by atoms with Crippen molar-refractivity contribution in [3.63, 3.8) is 0 Å². The molecule has 0 bridgehead atoms. The minimum absolute atomic E-state index is 0.0534. The summed E-state index contributed by atoms with van der Waals surface area (Å²) in [4.78, 5) is 15.2.